The lowest BCUT2D eigenvalue weighted by Gasteiger charge is -2.37. The number of carbonyl (C=O) groups is 1. The van der Waals surface area contributed by atoms with Gasteiger partial charge < -0.3 is 9.16 Å². The first-order chi connectivity index (χ1) is 16.2. The van der Waals surface area contributed by atoms with Crippen LogP contribution in [0.2, 0.25) is 18.1 Å². The molecule has 3 rings (SSSR count). The number of nitrogens with zero attached hydrogens (tertiary/aromatic N) is 5. The number of halogens is 1. The number of fused-ring (bicyclic) bond motifs is 1. The van der Waals surface area contributed by atoms with Crippen LogP contribution in [0.1, 0.15) is 60.8 Å². The summed E-state index contributed by atoms with van der Waals surface area (Å²) in [6.45, 7) is 20.4. The lowest BCUT2D eigenvalue weighted by Crippen LogP contribution is -2.44. The van der Waals surface area contributed by atoms with Crippen LogP contribution in [0, 0.1) is 0 Å². The van der Waals surface area contributed by atoms with Gasteiger partial charge in [0.15, 0.2) is 14.0 Å². The van der Waals surface area contributed by atoms with Gasteiger partial charge in [-0.15, -0.1) is 0 Å². The van der Waals surface area contributed by atoms with Gasteiger partial charge in [-0.25, -0.2) is 14.3 Å². The summed E-state index contributed by atoms with van der Waals surface area (Å²) in [5.74, 6) is 0.568. The van der Waals surface area contributed by atoms with Crippen LogP contribution in [-0.4, -0.2) is 71.8 Å². The second-order valence-electron chi connectivity index (χ2n) is 11.9. The van der Waals surface area contributed by atoms with E-state index in [2.05, 4.69) is 59.8 Å². The molecule has 0 aromatic carbocycles. The number of ether oxygens (including phenoxy) is 1. The standard InChI is InChI=1S/C25H42BrN5O3Si/c1-24(2,3)34-23(32)30(21-12-15-31-22(28-21)20(26)18-27-31)14-11-19-10-9-13-29(19)16-17-33-35(7,8)25(4,5)6/h12,15,18-19H,9-11,13-14,16-17H2,1-8H3. The predicted molar refractivity (Wildman–Crippen MR) is 147 cm³/mol. The van der Waals surface area contributed by atoms with Crippen molar-refractivity contribution in [3.63, 3.8) is 0 Å². The minimum Gasteiger partial charge on any atom is -0.443 e. The molecule has 8 nitrogen and oxygen atoms in total. The van der Waals surface area contributed by atoms with Crippen LogP contribution in [0.3, 0.4) is 0 Å². The first-order valence-electron chi connectivity index (χ1n) is 12.6. The van der Waals surface area contributed by atoms with Gasteiger partial charge in [0.25, 0.3) is 0 Å². The molecule has 0 bridgehead atoms. The Balaban J connectivity index is 1.69. The van der Waals surface area contributed by atoms with Crippen molar-refractivity contribution in [1.29, 1.82) is 0 Å². The third kappa shape index (κ3) is 7.27. The summed E-state index contributed by atoms with van der Waals surface area (Å²) < 4.78 is 14.6. The van der Waals surface area contributed by atoms with Gasteiger partial charge in [-0.3, -0.25) is 9.80 Å². The molecule has 35 heavy (non-hydrogen) atoms. The molecule has 2 aromatic heterocycles. The predicted octanol–water partition coefficient (Wildman–Crippen LogP) is 6.11. The average molecular weight is 569 g/mol. The van der Waals surface area contributed by atoms with Gasteiger partial charge in [-0.2, -0.15) is 5.10 Å². The number of rotatable bonds is 8. The van der Waals surface area contributed by atoms with Crippen molar-refractivity contribution < 1.29 is 14.0 Å². The topological polar surface area (TPSA) is 72.2 Å². The first-order valence-corrected chi connectivity index (χ1v) is 16.3. The van der Waals surface area contributed by atoms with Crippen molar-refractivity contribution in [2.45, 2.75) is 90.6 Å². The summed E-state index contributed by atoms with van der Waals surface area (Å²) in [6, 6.07) is 2.23. The summed E-state index contributed by atoms with van der Waals surface area (Å²) in [7, 11) is -1.75. The molecule has 0 N–H and O–H groups in total. The van der Waals surface area contributed by atoms with E-state index in [0.717, 1.165) is 37.0 Å². The molecular formula is C25H42BrN5O3Si. The number of carbonyl (C=O) groups excluding carboxylic acids is 1. The summed E-state index contributed by atoms with van der Waals surface area (Å²) >= 11 is 3.49. The normalized spacial score (nSPS) is 17.8. The number of hydrogen-bond acceptors (Lipinski definition) is 6. The van der Waals surface area contributed by atoms with Crippen LogP contribution in [0.5, 0.6) is 0 Å². The minimum atomic E-state index is -1.75. The zero-order valence-corrected chi connectivity index (χ0v) is 25.2. The van der Waals surface area contributed by atoms with Crippen LogP contribution in [0.25, 0.3) is 5.65 Å². The highest BCUT2D eigenvalue weighted by Gasteiger charge is 2.37. The van der Waals surface area contributed by atoms with Crippen LogP contribution in [-0.2, 0) is 9.16 Å². The lowest BCUT2D eigenvalue weighted by molar-refractivity contribution is 0.0575. The second-order valence-corrected chi connectivity index (χ2v) is 17.6. The van der Waals surface area contributed by atoms with Gasteiger partial charge in [0.1, 0.15) is 11.4 Å². The molecule has 1 amide bonds. The van der Waals surface area contributed by atoms with Crippen molar-refractivity contribution in [3.8, 4) is 0 Å². The smallest absolute Gasteiger partial charge is 0.416 e. The molecule has 1 unspecified atom stereocenters. The number of amides is 1. The fourth-order valence-electron chi connectivity index (χ4n) is 4.03. The van der Waals surface area contributed by atoms with Crippen molar-refractivity contribution in [1.82, 2.24) is 19.5 Å². The molecule has 1 fully saturated rings. The van der Waals surface area contributed by atoms with E-state index >= 15 is 0 Å². The van der Waals surface area contributed by atoms with E-state index in [1.807, 2.05) is 33.0 Å². The maximum Gasteiger partial charge on any atom is 0.416 e. The molecule has 1 atom stereocenters. The van der Waals surface area contributed by atoms with Gasteiger partial charge in [0, 0.05) is 31.9 Å². The van der Waals surface area contributed by atoms with E-state index < -0.39 is 13.9 Å². The molecule has 0 aliphatic carbocycles. The molecule has 0 radical (unpaired) electrons. The second kappa shape index (κ2) is 10.9. The first kappa shape index (κ1) is 28.1. The molecule has 0 spiro atoms. The molecule has 1 aliphatic rings. The maximum atomic E-state index is 13.2. The molecule has 3 heterocycles. The average Bonchev–Trinajstić information content (AvgIpc) is 3.32. The fraction of sp³-hybridized carbons (Fsp3) is 0.720. The fourth-order valence-corrected chi connectivity index (χ4v) is 5.42. The third-order valence-corrected chi connectivity index (χ3v) is 12.1. The van der Waals surface area contributed by atoms with Crippen LogP contribution in [0.15, 0.2) is 22.9 Å². The summed E-state index contributed by atoms with van der Waals surface area (Å²) in [4.78, 5) is 22.1. The Morgan fingerprint density at radius 1 is 1.26 bits per heavy atom. The van der Waals surface area contributed by atoms with Crippen LogP contribution in [0.4, 0.5) is 10.6 Å². The van der Waals surface area contributed by atoms with Gasteiger partial charge in [0.05, 0.1) is 10.7 Å². The van der Waals surface area contributed by atoms with Crippen LogP contribution >= 0.6 is 15.9 Å². The van der Waals surface area contributed by atoms with Gasteiger partial charge in [-0.1, -0.05) is 20.8 Å². The highest BCUT2D eigenvalue weighted by Crippen LogP contribution is 2.36. The summed E-state index contributed by atoms with van der Waals surface area (Å²) in [5, 5.41) is 4.47. The van der Waals surface area contributed by atoms with Gasteiger partial charge in [-0.05, 0) is 86.7 Å². The van der Waals surface area contributed by atoms with E-state index in [9.17, 15) is 4.79 Å². The number of aromatic nitrogens is 3. The Morgan fingerprint density at radius 2 is 1.97 bits per heavy atom. The molecule has 196 valence electrons. The number of anilines is 1. The lowest BCUT2D eigenvalue weighted by atomic mass is 10.1. The van der Waals surface area contributed by atoms with E-state index in [1.165, 1.54) is 6.42 Å². The van der Waals surface area contributed by atoms with E-state index in [-0.39, 0.29) is 11.1 Å². The summed E-state index contributed by atoms with van der Waals surface area (Å²) in [5.41, 5.74) is 0.0817. The Bertz CT molecular complexity index is 1010. The quantitative estimate of drug-likeness (QED) is 0.358. The van der Waals surface area contributed by atoms with E-state index in [0.29, 0.717) is 24.1 Å². The van der Waals surface area contributed by atoms with Crippen molar-refractivity contribution >= 4 is 41.8 Å². The largest absolute Gasteiger partial charge is 0.443 e. The monoisotopic (exact) mass is 567 g/mol. The highest BCUT2D eigenvalue weighted by molar-refractivity contribution is 9.10. The molecule has 0 saturated carbocycles. The zero-order chi connectivity index (χ0) is 26.0. The molecule has 10 heteroatoms. The van der Waals surface area contributed by atoms with Crippen molar-refractivity contribution in [2.24, 2.45) is 0 Å². The highest BCUT2D eigenvalue weighted by atomic mass is 79.9. The Labute approximate surface area is 219 Å². The van der Waals surface area contributed by atoms with Crippen molar-refractivity contribution in [3.05, 3.63) is 22.9 Å². The summed E-state index contributed by atoms with van der Waals surface area (Å²) in [6.07, 6.45) is 6.29. The minimum absolute atomic E-state index is 0.212. The number of hydrogen-bond donors (Lipinski definition) is 0. The van der Waals surface area contributed by atoms with Crippen LogP contribution < -0.4 is 4.90 Å². The molecular weight excluding hydrogens is 526 g/mol. The molecule has 1 aliphatic heterocycles. The third-order valence-electron chi connectivity index (χ3n) is 7.03. The molecule has 1 saturated heterocycles. The van der Waals surface area contributed by atoms with E-state index in [4.69, 9.17) is 14.1 Å². The maximum absolute atomic E-state index is 13.2. The number of likely N-dealkylation sites (tertiary alicyclic amines) is 1. The van der Waals surface area contributed by atoms with E-state index in [1.54, 1.807) is 15.6 Å². The van der Waals surface area contributed by atoms with Gasteiger partial charge >= 0.3 is 6.09 Å². The molecule has 2 aromatic rings. The zero-order valence-electron chi connectivity index (χ0n) is 22.6. The Morgan fingerprint density at radius 3 is 2.63 bits per heavy atom. The SMILES string of the molecule is CC(C)(C)OC(=O)N(CCC1CCCN1CCO[Si](C)(C)C(C)(C)C)c1ccn2ncc(Br)c2n1. The van der Waals surface area contributed by atoms with Crippen molar-refractivity contribution in [2.75, 3.05) is 31.1 Å². The van der Waals surface area contributed by atoms with Gasteiger partial charge in [0.2, 0.25) is 0 Å². The Hall–Kier alpha value is -1.49. The Kier molecular flexibility index (Phi) is 8.72.